The molecule has 3 aromatic carbocycles. The zero-order valence-electron chi connectivity index (χ0n) is 8.98. The van der Waals surface area contributed by atoms with Gasteiger partial charge in [0.2, 0.25) is 0 Å². The van der Waals surface area contributed by atoms with Crippen LogP contribution in [0.15, 0.2) is 54.3 Å². The molecule has 0 fully saturated rings. The van der Waals surface area contributed by atoms with Gasteiger partial charge in [0.15, 0.2) is 0 Å². The zero-order valence-corrected chi connectivity index (χ0v) is 15.3. The monoisotopic (exact) mass is 490 g/mol. The molecule has 4 heteroatoms. The molecule has 3 aromatic rings. The van der Waals surface area contributed by atoms with Gasteiger partial charge in [-0.3, -0.25) is 0 Å². The molecule has 0 aliphatic heterocycles. The van der Waals surface area contributed by atoms with Crippen LogP contribution in [0.1, 0.15) is 0 Å². The lowest BCUT2D eigenvalue weighted by Crippen LogP contribution is -1.83. The Labute approximate surface area is 138 Å². The quantitative estimate of drug-likeness (QED) is 0.179. The smallest absolute Gasteiger partial charge is 0.0477 e. The summed E-state index contributed by atoms with van der Waals surface area (Å²) in [7, 11) is 0. The second-order valence-corrected chi connectivity index (χ2v) is 7.17. The van der Waals surface area contributed by atoms with Gasteiger partial charge in [0, 0.05) is 17.9 Å². The van der Waals surface area contributed by atoms with Crippen LogP contribution in [0.5, 0.6) is 0 Å². The average molecular weight is 494 g/mol. The van der Waals surface area contributed by atoms with Crippen molar-refractivity contribution >= 4 is 85.3 Å². The predicted octanol–water partition coefficient (Wildman–Crippen LogP) is 7.04. The van der Waals surface area contributed by atoms with Gasteiger partial charge in [-0.2, -0.15) is 0 Å². The minimum atomic E-state index is 1.03. The van der Waals surface area contributed by atoms with Gasteiger partial charge in [0.05, 0.1) is 0 Å². The summed E-state index contributed by atoms with van der Waals surface area (Å²) in [5, 5.41) is 4.87. The molecule has 0 saturated carbocycles. The van der Waals surface area contributed by atoms with Crippen molar-refractivity contribution in [3.05, 3.63) is 54.3 Å². The van der Waals surface area contributed by atoms with Crippen molar-refractivity contribution in [3.8, 4) is 0 Å². The lowest BCUT2D eigenvalue weighted by atomic mass is 10.0. The molecule has 0 nitrogen and oxygen atoms in total. The van der Waals surface area contributed by atoms with E-state index in [1.165, 1.54) is 21.5 Å². The maximum absolute atomic E-state index is 3.65. The van der Waals surface area contributed by atoms with Gasteiger partial charge < -0.3 is 0 Å². The van der Waals surface area contributed by atoms with Crippen molar-refractivity contribution in [1.29, 1.82) is 0 Å². The van der Waals surface area contributed by atoms with Crippen LogP contribution in [-0.4, -0.2) is 0 Å². The average Bonchev–Trinajstić information content (AvgIpc) is 2.41. The highest BCUT2D eigenvalue weighted by Gasteiger charge is 2.13. The maximum Gasteiger partial charge on any atom is 0.0477 e. The Morgan fingerprint density at radius 1 is 0.556 bits per heavy atom. The molecular formula is C14H6Br4. The summed E-state index contributed by atoms with van der Waals surface area (Å²) in [6.45, 7) is 0. The van der Waals surface area contributed by atoms with Gasteiger partial charge in [-0.25, -0.2) is 0 Å². The van der Waals surface area contributed by atoms with Crippen molar-refractivity contribution in [2.24, 2.45) is 0 Å². The highest BCUT2D eigenvalue weighted by molar-refractivity contribution is 9.15. The lowest BCUT2D eigenvalue weighted by molar-refractivity contribution is 1.57. The van der Waals surface area contributed by atoms with E-state index in [0.29, 0.717) is 0 Å². The molecular weight excluding hydrogens is 488 g/mol. The largest absolute Gasteiger partial charge is 0.0616 e. The van der Waals surface area contributed by atoms with Crippen LogP contribution in [0.2, 0.25) is 0 Å². The highest BCUT2D eigenvalue weighted by Crippen LogP contribution is 2.44. The van der Waals surface area contributed by atoms with Crippen LogP contribution < -0.4 is 0 Å². The first-order chi connectivity index (χ1) is 8.59. The van der Waals surface area contributed by atoms with Crippen molar-refractivity contribution < 1.29 is 0 Å². The van der Waals surface area contributed by atoms with Crippen LogP contribution in [0.3, 0.4) is 0 Å². The van der Waals surface area contributed by atoms with E-state index in [1.54, 1.807) is 0 Å². The van der Waals surface area contributed by atoms with Gasteiger partial charge in [-0.15, -0.1) is 0 Å². The summed E-state index contributed by atoms with van der Waals surface area (Å²) in [6, 6.07) is 12.8. The van der Waals surface area contributed by atoms with E-state index >= 15 is 0 Å². The van der Waals surface area contributed by atoms with Crippen molar-refractivity contribution in [2.75, 3.05) is 0 Å². The Balaban J connectivity index is 2.58. The van der Waals surface area contributed by atoms with Gasteiger partial charge >= 0.3 is 0 Å². The summed E-state index contributed by atoms with van der Waals surface area (Å²) >= 11 is 14.5. The van der Waals surface area contributed by atoms with Crippen molar-refractivity contribution in [2.45, 2.75) is 0 Å². The number of benzene rings is 3. The van der Waals surface area contributed by atoms with Crippen LogP contribution >= 0.6 is 63.7 Å². The maximum atomic E-state index is 3.65. The summed E-state index contributed by atoms with van der Waals surface area (Å²) in [5.41, 5.74) is 0. The number of hydrogen-bond donors (Lipinski definition) is 0. The molecule has 0 heterocycles. The van der Waals surface area contributed by atoms with E-state index in [1.807, 2.05) is 0 Å². The van der Waals surface area contributed by atoms with Crippen LogP contribution in [-0.2, 0) is 0 Å². The summed E-state index contributed by atoms with van der Waals surface area (Å²) < 4.78 is 4.19. The lowest BCUT2D eigenvalue weighted by Gasteiger charge is -2.10. The molecule has 18 heavy (non-hydrogen) atoms. The highest BCUT2D eigenvalue weighted by atomic mass is 79.9. The minimum Gasteiger partial charge on any atom is -0.0616 e. The third-order valence-electron chi connectivity index (χ3n) is 2.94. The third kappa shape index (κ3) is 1.98. The molecule has 0 aliphatic carbocycles. The van der Waals surface area contributed by atoms with Crippen LogP contribution in [0.4, 0.5) is 0 Å². The molecule has 90 valence electrons. The molecule has 0 atom stereocenters. The predicted molar refractivity (Wildman–Crippen MR) is 92.3 cm³/mol. The standard InChI is InChI=1S/C14H6Br4/c15-11-9-5-7-3-1-2-4-8(7)6-10(9)12(16)14(18)13(11)17/h1-6H. The summed E-state index contributed by atoms with van der Waals surface area (Å²) in [4.78, 5) is 0. The van der Waals surface area contributed by atoms with Gasteiger partial charge in [0.1, 0.15) is 0 Å². The normalized spacial score (nSPS) is 11.3. The fourth-order valence-corrected chi connectivity index (χ4v) is 4.44. The Kier molecular flexibility index (Phi) is 3.56. The van der Waals surface area contributed by atoms with E-state index in [2.05, 4.69) is 100 Å². The molecule has 0 aliphatic rings. The van der Waals surface area contributed by atoms with Crippen molar-refractivity contribution in [1.82, 2.24) is 0 Å². The Bertz CT molecular complexity index is 712. The second-order valence-electron chi connectivity index (χ2n) is 4.00. The molecule has 0 N–H and O–H groups in total. The Morgan fingerprint density at radius 2 is 0.944 bits per heavy atom. The number of rotatable bonds is 0. The second kappa shape index (κ2) is 4.89. The zero-order chi connectivity index (χ0) is 12.9. The fourth-order valence-electron chi connectivity index (χ4n) is 2.03. The number of hydrogen-bond acceptors (Lipinski definition) is 0. The molecule has 0 spiro atoms. The molecule has 0 unspecified atom stereocenters. The van der Waals surface area contributed by atoms with E-state index in [4.69, 9.17) is 0 Å². The SMILES string of the molecule is Brc1c(Br)c(Br)c2cc3ccccc3cc2c1Br. The van der Waals surface area contributed by atoms with E-state index in [0.717, 1.165) is 17.9 Å². The van der Waals surface area contributed by atoms with Gasteiger partial charge in [0.25, 0.3) is 0 Å². The van der Waals surface area contributed by atoms with E-state index in [9.17, 15) is 0 Å². The number of halogens is 4. The molecule has 0 radical (unpaired) electrons. The first kappa shape index (κ1) is 13.1. The first-order valence-electron chi connectivity index (χ1n) is 5.24. The Morgan fingerprint density at radius 3 is 1.33 bits per heavy atom. The Hall–Kier alpha value is 0.1000. The number of fused-ring (bicyclic) bond motifs is 2. The molecule has 3 rings (SSSR count). The third-order valence-corrected chi connectivity index (χ3v) is 7.77. The van der Waals surface area contributed by atoms with Crippen molar-refractivity contribution in [3.63, 3.8) is 0 Å². The molecule has 0 aromatic heterocycles. The van der Waals surface area contributed by atoms with E-state index in [-0.39, 0.29) is 0 Å². The minimum absolute atomic E-state index is 1.03. The van der Waals surface area contributed by atoms with E-state index < -0.39 is 0 Å². The topological polar surface area (TPSA) is 0 Å². The van der Waals surface area contributed by atoms with Crippen LogP contribution in [0, 0.1) is 0 Å². The van der Waals surface area contributed by atoms with Gasteiger partial charge in [-0.1, -0.05) is 24.3 Å². The fraction of sp³-hybridized carbons (Fsp3) is 0. The molecule has 0 saturated heterocycles. The molecule has 0 amide bonds. The van der Waals surface area contributed by atoms with Crippen LogP contribution in [0.25, 0.3) is 21.5 Å². The summed E-state index contributed by atoms with van der Waals surface area (Å²) in [6.07, 6.45) is 0. The molecule has 0 bridgehead atoms. The summed E-state index contributed by atoms with van der Waals surface area (Å²) in [5.74, 6) is 0. The van der Waals surface area contributed by atoms with Gasteiger partial charge in [-0.05, 0) is 97.4 Å². The first-order valence-corrected chi connectivity index (χ1v) is 8.41.